The van der Waals surface area contributed by atoms with Gasteiger partial charge in [-0.05, 0) is 43.5 Å². The first-order chi connectivity index (χ1) is 19.5. The number of sulfonamides is 1. The predicted octanol–water partition coefficient (Wildman–Crippen LogP) is 4.52. The van der Waals surface area contributed by atoms with Crippen molar-refractivity contribution >= 4 is 33.3 Å². The summed E-state index contributed by atoms with van der Waals surface area (Å²) < 4.78 is 26.9. The first kappa shape index (κ1) is 31.5. The number of Topliss-reactive ketones (excluding diaryl/α,β-unsaturated/α-hetero) is 1. The molecule has 2 amide bonds. The Morgan fingerprint density at radius 1 is 0.902 bits per heavy atom. The van der Waals surface area contributed by atoms with E-state index in [0.29, 0.717) is 12.1 Å². The number of rotatable bonds is 14. The Kier molecular flexibility index (Phi) is 11.2. The summed E-state index contributed by atoms with van der Waals surface area (Å²) in [6.07, 6.45) is 2.97. The molecule has 1 atom stereocenters. The molecule has 9 heteroatoms. The van der Waals surface area contributed by atoms with Crippen LogP contribution in [0.1, 0.15) is 53.7 Å². The van der Waals surface area contributed by atoms with Gasteiger partial charge in [0.25, 0.3) is 0 Å². The molecule has 3 rings (SSSR count). The van der Waals surface area contributed by atoms with Gasteiger partial charge >= 0.3 is 0 Å². The van der Waals surface area contributed by atoms with Crippen molar-refractivity contribution in [2.45, 2.75) is 52.6 Å². The van der Waals surface area contributed by atoms with E-state index in [0.717, 1.165) is 40.1 Å². The number of anilines is 1. The highest BCUT2D eigenvalue weighted by molar-refractivity contribution is 7.92. The highest BCUT2D eigenvalue weighted by Gasteiger charge is 2.33. The second kappa shape index (κ2) is 14.6. The van der Waals surface area contributed by atoms with E-state index in [9.17, 15) is 22.8 Å². The van der Waals surface area contributed by atoms with Crippen molar-refractivity contribution in [2.75, 3.05) is 23.7 Å². The Balaban J connectivity index is 2.05. The third-order valence-electron chi connectivity index (χ3n) is 6.76. The summed E-state index contributed by atoms with van der Waals surface area (Å²) in [5, 5.41) is 2.97. The predicted molar refractivity (Wildman–Crippen MR) is 162 cm³/mol. The van der Waals surface area contributed by atoms with Crippen LogP contribution in [0.5, 0.6) is 0 Å². The molecule has 0 fully saturated rings. The lowest BCUT2D eigenvalue weighted by molar-refractivity contribution is -0.140. The molecule has 41 heavy (non-hydrogen) atoms. The fourth-order valence-corrected chi connectivity index (χ4v) is 5.40. The van der Waals surface area contributed by atoms with E-state index in [-0.39, 0.29) is 30.3 Å². The number of nitrogens with one attached hydrogen (secondary N) is 1. The van der Waals surface area contributed by atoms with Crippen LogP contribution in [-0.4, -0.2) is 56.3 Å². The molecule has 1 N–H and O–H groups in total. The molecule has 0 saturated heterocycles. The summed E-state index contributed by atoms with van der Waals surface area (Å²) in [6.45, 7) is 5.43. The molecular formula is C32H39N3O5S. The lowest BCUT2D eigenvalue weighted by Crippen LogP contribution is -2.53. The maximum atomic E-state index is 14.1. The number of hydrogen-bond acceptors (Lipinski definition) is 5. The molecule has 0 aliphatic carbocycles. The van der Waals surface area contributed by atoms with Crippen molar-refractivity contribution in [2.24, 2.45) is 0 Å². The molecule has 0 heterocycles. The largest absolute Gasteiger partial charge is 0.354 e. The third-order valence-corrected chi connectivity index (χ3v) is 7.90. The summed E-state index contributed by atoms with van der Waals surface area (Å²) in [7, 11) is -3.92. The van der Waals surface area contributed by atoms with Gasteiger partial charge in [-0.3, -0.25) is 18.7 Å². The number of benzene rings is 3. The molecule has 3 aromatic carbocycles. The van der Waals surface area contributed by atoms with Gasteiger partial charge in [-0.2, -0.15) is 0 Å². The molecule has 0 saturated carbocycles. The van der Waals surface area contributed by atoms with Crippen LogP contribution in [0.15, 0.2) is 78.9 Å². The fraction of sp³-hybridized carbons (Fsp3) is 0.344. The monoisotopic (exact) mass is 577 g/mol. The molecule has 0 bridgehead atoms. The van der Waals surface area contributed by atoms with E-state index in [2.05, 4.69) is 5.32 Å². The minimum atomic E-state index is -3.92. The zero-order valence-electron chi connectivity index (χ0n) is 24.2. The molecule has 0 aliphatic heterocycles. The number of carbonyl (C=O) groups excluding carboxylic acids is 3. The van der Waals surface area contributed by atoms with Gasteiger partial charge in [-0.25, -0.2) is 8.42 Å². The van der Waals surface area contributed by atoms with Crippen LogP contribution in [0.3, 0.4) is 0 Å². The van der Waals surface area contributed by atoms with Crippen LogP contribution in [0.2, 0.25) is 0 Å². The number of unbranched alkanes of at least 4 members (excludes halogenated alkanes) is 1. The van der Waals surface area contributed by atoms with E-state index in [1.165, 1.54) is 17.9 Å². The SMILES string of the molecule is CCCCNC(=O)C(Cc1ccccc1)N(Cc1cccc(C)c1)C(=O)CN(c1cccc(C(C)=O)c1)S(C)(=O)=O. The van der Waals surface area contributed by atoms with Gasteiger partial charge in [-0.1, -0.05) is 85.6 Å². The number of nitrogens with zero attached hydrogens (tertiary/aromatic N) is 2. The van der Waals surface area contributed by atoms with Gasteiger partial charge in [0, 0.05) is 25.1 Å². The molecule has 0 aromatic heterocycles. The summed E-state index contributed by atoms with van der Waals surface area (Å²) in [6, 6.07) is 22.4. The lowest BCUT2D eigenvalue weighted by atomic mass is 10.0. The molecule has 1 unspecified atom stereocenters. The quantitative estimate of drug-likeness (QED) is 0.224. The summed E-state index contributed by atoms with van der Waals surface area (Å²) in [5.41, 5.74) is 3.23. The third kappa shape index (κ3) is 9.28. The van der Waals surface area contributed by atoms with E-state index in [4.69, 9.17) is 0 Å². The van der Waals surface area contributed by atoms with Crippen molar-refractivity contribution in [3.63, 3.8) is 0 Å². The van der Waals surface area contributed by atoms with Crippen LogP contribution < -0.4 is 9.62 Å². The maximum Gasteiger partial charge on any atom is 0.244 e. The second-order valence-corrected chi connectivity index (χ2v) is 12.1. The zero-order valence-corrected chi connectivity index (χ0v) is 25.0. The van der Waals surface area contributed by atoms with Crippen molar-refractivity contribution in [1.29, 1.82) is 0 Å². The molecule has 218 valence electrons. The fourth-order valence-electron chi connectivity index (χ4n) is 4.56. The highest BCUT2D eigenvalue weighted by Crippen LogP contribution is 2.22. The second-order valence-electron chi connectivity index (χ2n) is 10.2. The number of aryl methyl sites for hydroxylation is 1. The summed E-state index contributed by atoms with van der Waals surface area (Å²) in [5.74, 6) is -1.05. The maximum absolute atomic E-state index is 14.1. The Bertz CT molecular complexity index is 1460. The molecular weight excluding hydrogens is 538 g/mol. The minimum Gasteiger partial charge on any atom is -0.354 e. The lowest BCUT2D eigenvalue weighted by Gasteiger charge is -2.33. The highest BCUT2D eigenvalue weighted by atomic mass is 32.2. The average Bonchev–Trinajstić information content (AvgIpc) is 2.93. The van der Waals surface area contributed by atoms with Crippen LogP contribution in [0.4, 0.5) is 5.69 Å². The Morgan fingerprint density at radius 3 is 2.22 bits per heavy atom. The molecule has 8 nitrogen and oxygen atoms in total. The number of ketones is 1. The van der Waals surface area contributed by atoms with Gasteiger partial charge < -0.3 is 10.2 Å². The Morgan fingerprint density at radius 2 is 1.59 bits per heavy atom. The van der Waals surface area contributed by atoms with E-state index in [1.54, 1.807) is 18.2 Å². The van der Waals surface area contributed by atoms with Gasteiger partial charge in [0.1, 0.15) is 12.6 Å². The van der Waals surface area contributed by atoms with E-state index in [1.807, 2.05) is 68.4 Å². The Hall–Kier alpha value is -3.98. The van der Waals surface area contributed by atoms with Crippen molar-refractivity contribution in [3.8, 4) is 0 Å². The minimum absolute atomic E-state index is 0.115. The standard InChI is InChI=1S/C32H39N3O5S/c1-5-6-18-33-32(38)30(20-26-13-8-7-9-14-26)34(22-27-15-10-12-24(2)19-27)31(37)23-35(41(4,39)40)29-17-11-16-28(21-29)25(3)36/h7-17,19,21,30H,5-6,18,20,22-23H2,1-4H3,(H,33,38). The first-order valence-electron chi connectivity index (χ1n) is 13.7. The average molecular weight is 578 g/mol. The van der Waals surface area contributed by atoms with Gasteiger partial charge in [0.15, 0.2) is 5.78 Å². The number of hydrogen-bond donors (Lipinski definition) is 1. The van der Waals surface area contributed by atoms with Gasteiger partial charge in [0.05, 0.1) is 11.9 Å². The van der Waals surface area contributed by atoms with Crippen molar-refractivity contribution in [3.05, 3.63) is 101 Å². The normalized spacial score (nSPS) is 11.9. The Labute approximate surface area is 243 Å². The number of carbonyl (C=O) groups is 3. The van der Waals surface area contributed by atoms with E-state index < -0.39 is 28.5 Å². The van der Waals surface area contributed by atoms with Crippen LogP contribution in [-0.2, 0) is 32.6 Å². The summed E-state index contributed by atoms with van der Waals surface area (Å²) in [4.78, 5) is 41.2. The number of amides is 2. The van der Waals surface area contributed by atoms with Gasteiger partial charge in [-0.15, -0.1) is 0 Å². The molecule has 0 spiro atoms. The molecule has 0 aliphatic rings. The van der Waals surface area contributed by atoms with Crippen LogP contribution >= 0.6 is 0 Å². The van der Waals surface area contributed by atoms with Crippen molar-refractivity contribution in [1.82, 2.24) is 10.2 Å². The van der Waals surface area contributed by atoms with Crippen LogP contribution in [0.25, 0.3) is 0 Å². The van der Waals surface area contributed by atoms with Crippen molar-refractivity contribution < 1.29 is 22.8 Å². The van der Waals surface area contributed by atoms with Gasteiger partial charge in [0.2, 0.25) is 21.8 Å². The van der Waals surface area contributed by atoms with Crippen LogP contribution in [0, 0.1) is 6.92 Å². The molecule has 3 aromatic rings. The smallest absolute Gasteiger partial charge is 0.244 e. The zero-order chi connectivity index (χ0) is 30.0. The first-order valence-corrected chi connectivity index (χ1v) is 15.6. The van der Waals surface area contributed by atoms with E-state index >= 15 is 0 Å². The topological polar surface area (TPSA) is 104 Å². The summed E-state index contributed by atoms with van der Waals surface area (Å²) >= 11 is 0. The molecule has 0 radical (unpaired) electrons.